The predicted octanol–water partition coefficient (Wildman–Crippen LogP) is 3.71. The molecule has 3 nitrogen and oxygen atoms in total. The molecule has 2 rings (SSSR count). The van der Waals surface area contributed by atoms with Crippen molar-refractivity contribution in [1.29, 1.82) is 0 Å². The van der Waals surface area contributed by atoms with Gasteiger partial charge in [0.2, 0.25) is 0 Å². The van der Waals surface area contributed by atoms with Crippen molar-refractivity contribution in [2.75, 3.05) is 11.9 Å². The summed E-state index contributed by atoms with van der Waals surface area (Å²) >= 11 is 0. The maximum absolute atomic E-state index is 12.6. The minimum atomic E-state index is -4.30. The van der Waals surface area contributed by atoms with Crippen molar-refractivity contribution in [2.45, 2.75) is 26.1 Å². The maximum atomic E-state index is 12.6. The highest BCUT2D eigenvalue weighted by Crippen LogP contribution is 2.31. The number of nitrogens with one attached hydrogen (secondary N) is 1. The van der Waals surface area contributed by atoms with E-state index in [0.717, 1.165) is 30.7 Å². The van der Waals surface area contributed by atoms with Gasteiger partial charge in [-0.3, -0.25) is 0 Å². The van der Waals surface area contributed by atoms with Crippen molar-refractivity contribution in [2.24, 2.45) is 0 Å². The van der Waals surface area contributed by atoms with Crippen LogP contribution in [0.15, 0.2) is 36.9 Å². The van der Waals surface area contributed by atoms with Gasteiger partial charge in [-0.2, -0.15) is 13.2 Å². The van der Waals surface area contributed by atoms with Gasteiger partial charge in [-0.25, -0.2) is 4.98 Å². The Labute approximate surface area is 115 Å². The van der Waals surface area contributed by atoms with Gasteiger partial charge < -0.3 is 9.88 Å². The normalized spacial score (nSPS) is 11.6. The van der Waals surface area contributed by atoms with Crippen LogP contribution in [0.3, 0.4) is 0 Å². The van der Waals surface area contributed by atoms with Crippen LogP contribution in [0.4, 0.5) is 18.9 Å². The predicted molar refractivity (Wildman–Crippen MR) is 71.5 cm³/mol. The molecule has 0 unspecified atom stereocenters. The quantitative estimate of drug-likeness (QED) is 0.848. The lowest BCUT2D eigenvalue weighted by Crippen LogP contribution is -2.09. The smallest absolute Gasteiger partial charge is 0.385 e. The van der Waals surface area contributed by atoms with Crippen LogP contribution in [0.1, 0.15) is 17.5 Å². The van der Waals surface area contributed by atoms with E-state index in [1.54, 1.807) is 19.4 Å². The highest BCUT2D eigenvalue weighted by Gasteiger charge is 2.30. The molecule has 6 heteroatoms. The van der Waals surface area contributed by atoms with Crippen molar-refractivity contribution >= 4 is 5.69 Å². The summed E-state index contributed by atoms with van der Waals surface area (Å²) in [5, 5.41) is 3.05. The fourth-order valence-electron chi connectivity index (χ4n) is 1.89. The fourth-order valence-corrected chi connectivity index (χ4v) is 1.89. The Morgan fingerprint density at radius 3 is 2.75 bits per heavy atom. The number of alkyl halides is 3. The molecule has 1 N–H and O–H groups in total. The zero-order valence-electron chi connectivity index (χ0n) is 11.1. The zero-order chi connectivity index (χ0) is 14.6. The van der Waals surface area contributed by atoms with Crippen molar-refractivity contribution in [1.82, 2.24) is 9.55 Å². The summed E-state index contributed by atoms with van der Waals surface area (Å²) in [6, 6.07) is 3.75. The number of nitrogens with zero attached hydrogens (tertiary/aromatic N) is 2. The first kappa shape index (κ1) is 14.4. The second-order valence-electron chi connectivity index (χ2n) is 4.61. The van der Waals surface area contributed by atoms with Crippen LogP contribution in [-0.2, 0) is 12.7 Å². The molecule has 2 aromatic rings. The van der Waals surface area contributed by atoms with Gasteiger partial charge >= 0.3 is 6.18 Å². The van der Waals surface area contributed by atoms with Crippen LogP contribution >= 0.6 is 0 Å². The van der Waals surface area contributed by atoms with Crippen molar-refractivity contribution in [3.05, 3.63) is 48.0 Å². The van der Waals surface area contributed by atoms with E-state index >= 15 is 0 Å². The van der Waals surface area contributed by atoms with E-state index in [4.69, 9.17) is 0 Å². The lowest BCUT2D eigenvalue weighted by Gasteiger charge is -2.13. The minimum Gasteiger partial charge on any atom is -0.385 e. The molecule has 0 spiro atoms. The molecule has 0 aliphatic heterocycles. The van der Waals surface area contributed by atoms with Gasteiger partial charge in [0.05, 0.1) is 11.9 Å². The number of halogens is 3. The molecule has 0 saturated carbocycles. The van der Waals surface area contributed by atoms with Crippen molar-refractivity contribution in [3.8, 4) is 0 Å². The average molecular weight is 283 g/mol. The van der Waals surface area contributed by atoms with Gasteiger partial charge in [-0.15, -0.1) is 0 Å². The number of anilines is 1. The summed E-state index contributed by atoms with van der Waals surface area (Å²) < 4.78 is 39.8. The molecule has 0 aliphatic rings. The molecule has 20 heavy (non-hydrogen) atoms. The lowest BCUT2D eigenvalue weighted by atomic mass is 10.1. The second-order valence-corrected chi connectivity index (χ2v) is 4.61. The van der Waals surface area contributed by atoms with E-state index in [1.807, 2.05) is 10.8 Å². The molecule has 1 aromatic heterocycles. The van der Waals surface area contributed by atoms with Gasteiger partial charge in [0.1, 0.15) is 0 Å². The summed E-state index contributed by atoms with van der Waals surface area (Å²) in [6.07, 6.45) is 1.78. The van der Waals surface area contributed by atoms with Crippen LogP contribution < -0.4 is 5.32 Å². The Morgan fingerprint density at radius 1 is 1.30 bits per heavy atom. The molecule has 1 aromatic carbocycles. The monoisotopic (exact) mass is 283 g/mol. The molecular formula is C14H16F3N3. The first-order chi connectivity index (χ1) is 9.47. The fraction of sp³-hybridized carbons (Fsp3) is 0.357. The van der Waals surface area contributed by atoms with E-state index in [2.05, 4.69) is 10.3 Å². The molecule has 0 radical (unpaired) electrons. The maximum Gasteiger partial charge on any atom is 0.416 e. The molecule has 0 amide bonds. The molecule has 108 valence electrons. The summed E-state index contributed by atoms with van der Waals surface area (Å²) in [5.74, 6) is 0. The highest BCUT2D eigenvalue weighted by molar-refractivity contribution is 5.53. The van der Waals surface area contributed by atoms with Crippen molar-refractivity contribution < 1.29 is 13.2 Å². The number of imidazole rings is 1. The number of hydrogen-bond acceptors (Lipinski definition) is 2. The van der Waals surface area contributed by atoms with E-state index in [-0.39, 0.29) is 0 Å². The number of rotatable bonds is 5. The molecule has 1 heterocycles. The van der Waals surface area contributed by atoms with Gasteiger partial charge in [0.25, 0.3) is 0 Å². The van der Waals surface area contributed by atoms with Gasteiger partial charge in [0, 0.05) is 31.2 Å². The summed E-state index contributed by atoms with van der Waals surface area (Å²) in [7, 11) is 0. The third-order valence-electron chi connectivity index (χ3n) is 3.03. The number of aromatic nitrogens is 2. The third kappa shape index (κ3) is 3.76. The standard InChI is InChI=1S/C14H16F3N3/c1-11-3-4-12(14(15,16)17)9-13(11)19-5-2-7-20-8-6-18-10-20/h3-4,6,8-10,19H,2,5,7H2,1H3. The third-order valence-corrected chi connectivity index (χ3v) is 3.03. The van der Waals surface area contributed by atoms with Crippen molar-refractivity contribution in [3.63, 3.8) is 0 Å². The first-order valence-corrected chi connectivity index (χ1v) is 6.34. The molecule has 0 aliphatic carbocycles. The van der Waals surface area contributed by atoms with Crippen LogP contribution in [-0.4, -0.2) is 16.1 Å². The van der Waals surface area contributed by atoms with Crippen LogP contribution in [0.25, 0.3) is 0 Å². The average Bonchev–Trinajstić information content (AvgIpc) is 2.88. The second kappa shape index (κ2) is 5.98. The lowest BCUT2D eigenvalue weighted by molar-refractivity contribution is -0.137. The largest absolute Gasteiger partial charge is 0.416 e. The topological polar surface area (TPSA) is 29.9 Å². The van der Waals surface area contributed by atoms with E-state index in [1.165, 1.54) is 6.07 Å². The Bertz CT molecular complexity index is 547. The van der Waals surface area contributed by atoms with Crippen LogP contribution in [0.5, 0.6) is 0 Å². The van der Waals surface area contributed by atoms with Gasteiger partial charge in [0.15, 0.2) is 0 Å². The minimum absolute atomic E-state index is 0.533. The molecule has 0 fully saturated rings. The van der Waals surface area contributed by atoms with Crippen LogP contribution in [0.2, 0.25) is 0 Å². The van der Waals surface area contributed by atoms with Gasteiger partial charge in [-0.1, -0.05) is 6.07 Å². The number of hydrogen-bond donors (Lipinski definition) is 1. The summed E-state index contributed by atoms with van der Waals surface area (Å²) in [4.78, 5) is 3.93. The van der Waals surface area contributed by atoms with E-state index in [9.17, 15) is 13.2 Å². The number of benzene rings is 1. The highest BCUT2D eigenvalue weighted by atomic mass is 19.4. The Hall–Kier alpha value is -1.98. The van der Waals surface area contributed by atoms with Crippen LogP contribution in [0, 0.1) is 6.92 Å². The Morgan fingerprint density at radius 2 is 2.10 bits per heavy atom. The van der Waals surface area contributed by atoms with Gasteiger partial charge in [-0.05, 0) is 31.0 Å². The SMILES string of the molecule is Cc1ccc(C(F)(F)F)cc1NCCCn1ccnc1. The molecule has 0 atom stereocenters. The Balaban J connectivity index is 1.91. The van der Waals surface area contributed by atoms with E-state index in [0.29, 0.717) is 12.2 Å². The number of aryl methyl sites for hydroxylation is 2. The van der Waals surface area contributed by atoms with E-state index < -0.39 is 11.7 Å². The summed E-state index contributed by atoms with van der Waals surface area (Å²) in [5.41, 5.74) is 0.714. The first-order valence-electron chi connectivity index (χ1n) is 6.34. The molecule has 0 bridgehead atoms. The zero-order valence-corrected chi connectivity index (χ0v) is 11.1. The molecular weight excluding hydrogens is 267 g/mol. The summed E-state index contributed by atoms with van der Waals surface area (Å²) in [6.45, 7) is 3.18. The molecule has 0 saturated heterocycles. The Kier molecular flexibility index (Phi) is 4.32.